The number of fused-ring (bicyclic) bond motifs is 1. The maximum Gasteiger partial charge on any atom is 0.267 e. The molecule has 114 valence electrons. The van der Waals surface area contributed by atoms with E-state index >= 15 is 0 Å². The topological polar surface area (TPSA) is 29.5 Å². The molecule has 1 heterocycles. The average Bonchev–Trinajstić information content (AvgIpc) is 2.94. The molecule has 3 nitrogen and oxygen atoms in total. The fraction of sp³-hybridized carbons (Fsp3) is 0.235. The van der Waals surface area contributed by atoms with Gasteiger partial charge in [-0.3, -0.25) is 4.79 Å². The number of carbonyl (C=O) groups excluding carboxylic acids is 1. The van der Waals surface area contributed by atoms with Crippen LogP contribution in [0.2, 0.25) is 10.0 Å². The van der Waals surface area contributed by atoms with Crippen molar-refractivity contribution in [3.05, 3.63) is 58.1 Å². The predicted octanol–water partition coefficient (Wildman–Crippen LogP) is 4.35. The normalized spacial score (nSPS) is 14.6. The van der Waals surface area contributed by atoms with Crippen LogP contribution in [0.1, 0.15) is 12.5 Å². The predicted molar refractivity (Wildman–Crippen MR) is 89.1 cm³/mol. The summed E-state index contributed by atoms with van der Waals surface area (Å²) in [5.41, 5.74) is 2.16. The van der Waals surface area contributed by atoms with Gasteiger partial charge in [-0.15, -0.1) is 0 Å². The van der Waals surface area contributed by atoms with E-state index in [1.165, 1.54) is 5.56 Å². The molecular weight excluding hydrogens is 321 g/mol. The van der Waals surface area contributed by atoms with Crippen LogP contribution in [0.4, 0.5) is 5.69 Å². The highest BCUT2D eigenvalue weighted by Crippen LogP contribution is 2.30. The minimum Gasteiger partial charge on any atom is -0.481 e. The van der Waals surface area contributed by atoms with Gasteiger partial charge in [0.1, 0.15) is 5.75 Å². The fourth-order valence-corrected chi connectivity index (χ4v) is 2.88. The van der Waals surface area contributed by atoms with Gasteiger partial charge in [-0.05, 0) is 37.1 Å². The summed E-state index contributed by atoms with van der Waals surface area (Å²) in [6.45, 7) is 2.43. The summed E-state index contributed by atoms with van der Waals surface area (Å²) < 4.78 is 5.71. The first-order valence-corrected chi connectivity index (χ1v) is 7.83. The molecule has 1 aliphatic heterocycles. The van der Waals surface area contributed by atoms with Crippen molar-refractivity contribution in [3.63, 3.8) is 0 Å². The van der Waals surface area contributed by atoms with Gasteiger partial charge in [-0.25, -0.2) is 0 Å². The Morgan fingerprint density at radius 3 is 2.73 bits per heavy atom. The second-order valence-corrected chi connectivity index (χ2v) is 6.02. The van der Waals surface area contributed by atoms with Crippen molar-refractivity contribution >= 4 is 34.8 Å². The van der Waals surface area contributed by atoms with Crippen molar-refractivity contribution in [3.8, 4) is 5.75 Å². The lowest BCUT2D eigenvalue weighted by molar-refractivity contribution is -0.124. The molecule has 2 aromatic carbocycles. The van der Waals surface area contributed by atoms with E-state index in [1.54, 1.807) is 30.0 Å². The molecule has 1 unspecified atom stereocenters. The van der Waals surface area contributed by atoms with E-state index in [4.69, 9.17) is 27.9 Å². The Bertz CT molecular complexity index is 718. The molecule has 22 heavy (non-hydrogen) atoms. The quantitative estimate of drug-likeness (QED) is 0.834. The summed E-state index contributed by atoms with van der Waals surface area (Å²) in [4.78, 5) is 14.4. The van der Waals surface area contributed by atoms with E-state index in [9.17, 15) is 4.79 Å². The SMILES string of the molecule is CC(Oc1ccc(Cl)c(Cl)c1)C(=O)N1CCc2ccccc21. The number of carbonyl (C=O) groups is 1. The summed E-state index contributed by atoms with van der Waals surface area (Å²) in [6, 6.07) is 12.9. The molecular formula is C17H15Cl2NO2. The Labute approximate surface area is 139 Å². The average molecular weight is 336 g/mol. The highest BCUT2D eigenvalue weighted by Gasteiger charge is 2.28. The Morgan fingerprint density at radius 1 is 1.18 bits per heavy atom. The summed E-state index contributed by atoms with van der Waals surface area (Å²) in [5.74, 6) is 0.471. The van der Waals surface area contributed by atoms with E-state index in [0.29, 0.717) is 22.3 Å². The summed E-state index contributed by atoms with van der Waals surface area (Å²) >= 11 is 11.8. The first kappa shape index (κ1) is 15.2. The third-order valence-corrected chi connectivity index (χ3v) is 4.44. The second kappa shape index (κ2) is 6.19. The first-order chi connectivity index (χ1) is 10.6. The fourth-order valence-electron chi connectivity index (χ4n) is 2.59. The van der Waals surface area contributed by atoms with Crippen molar-refractivity contribution in [2.24, 2.45) is 0 Å². The van der Waals surface area contributed by atoms with Crippen molar-refractivity contribution in [2.45, 2.75) is 19.4 Å². The molecule has 1 aliphatic rings. The number of para-hydroxylation sites is 1. The molecule has 2 aromatic rings. The molecule has 5 heteroatoms. The highest BCUT2D eigenvalue weighted by molar-refractivity contribution is 6.42. The van der Waals surface area contributed by atoms with E-state index in [-0.39, 0.29) is 5.91 Å². The van der Waals surface area contributed by atoms with E-state index in [0.717, 1.165) is 12.1 Å². The van der Waals surface area contributed by atoms with E-state index in [1.807, 2.05) is 24.3 Å². The van der Waals surface area contributed by atoms with Crippen molar-refractivity contribution in [1.29, 1.82) is 0 Å². The Kier molecular flexibility index (Phi) is 4.27. The van der Waals surface area contributed by atoms with Gasteiger partial charge in [-0.2, -0.15) is 0 Å². The van der Waals surface area contributed by atoms with Gasteiger partial charge in [0.05, 0.1) is 10.0 Å². The van der Waals surface area contributed by atoms with Crippen LogP contribution in [0, 0.1) is 0 Å². The number of hydrogen-bond acceptors (Lipinski definition) is 2. The van der Waals surface area contributed by atoms with Gasteiger partial charge < -0.3 is 9.64 Å². The molecule has 0 bridgehead atoms. The van der Waals surface area contributed by atoms with Crippen LogP contribution in [-0.4, -0.2) is 18.6 Å². The molecule has 0 fully saturated rings. The smallest absolute Gasteiger partial charge is 0.267 e. The van der Waals surface area contributed by atoms with E-state index < -0.39 is 6.10 Å². The molecule has 0 saturated heterocycles. The van der Waals surface area contributed by atoms with Crippen LogP contribution in [0.15, 0.2) is 42.5 Å². The minimum atomic E-state index is -0.594. The number of ether oxygens (including phenoxy) is 1. The number of hydrogen-bond donors (Lipinski definition) is 0. The number of anilines is 1. The Hall–Kier alpha value is -1.71. The highest BCUT2D eigenvalue weighted by atomic mass is 35.5. The summed E-state index contributed by atoms with van der Waals surface area (Å²) in [5, 5.41) is 0.867. The maximum absolute atomic E-state index is 12.6. The number of amides is 1. The van der Waals surface area contributed by atoms with Crippen LogP contribution < -0.4 is 9.64 Å². The second-order valence-electron chi connectivity index (χ2n) is 5.20. The molecule has 1 amide bonds. The number of benzene rings is 2. The van der Waals surface area contributed by atoms with Gasteiger partial charge in [-0.1, -0.05) is 41.4 Å². The lowest BCUT2D eigenvalue weighted by Gasteiger charge is -2.22. The zero-order chi connectivity index (χ0) is 15.7. The molecule has 0 aliphatic carbocycles. The van der Waals surface area contributed by atoms with Crippen LogP contribution in [0.5, 0.6) is 5.75 Å². The first-order valence-electron chi connectivity index (χ1n) is 7.07. The zero-order valence-corrected chi connectivity index (χ0v) is 13.6. The van der Waals surface area contributed by atoms with Crippen molar-refractivity contribution < 1.29 is 9.53 Å². The van der Waals surface area contributed by atoms with Crippen molar-refractivity contribution in [1.82, 2.24) is 0 Å². The standard InChI is InChI=1S/C17H15Cl2NO2/c1-11(22-13-6-7-14(18)15(19)10-13)17(21)20-9-8-12-4-2-3-5-16(12)20/h2-7,10-11H,8-9H2,1H3. The molecule has 0 aromatic heterocycles. The number of halogens is 2. The lowest BCUT2D eigenvalue weighted by atomic mass is 10.2. The van der Waals surface area contributed by atoms with Gasteiger partial charge in [0.2, 0.25) is 0 Å². The van der Waals surface area contributed by atoms with Gasteiger partial charge >= 0.3 is 0 Å². The Balaban J connectivity index is 1.74. The molecule has 0 radical (unpaired) electrons. The molecule has 0 saturated carbocycles. The minimum absolute atomic E-state index is 0.0592. The monoisotopic (exact) mass is 335 g/mol. The molecule has 0 spiro atoms. The number of nitrogens with zero attached hydrogens (tertiary/aromatic N) is 1. The van der Waals surface area contributed by atoms with Gasteiger partial charge in [0, 0.05) is 18.3 Å². The molecule has 3 rings (SSSR count). The maximum atomic E-state index is 12.6. The zero-order valence-electron chi connectivity index (χ0n) is 12.1. The summed E-state index contributed by atoms with van der Waals surface area (Å²) in [7, 11) is 0. The third-order valence-electron chi connectivity index (χ3n) is 3.70. The van der Waals surface area contributed by atoms with Gasteiger partial charge in [0.25, 0.3) is 5.91 Å². The third kappa shape index (κ3) is 2.92. The van der Waals surface area contributed by atoms with Crippen LogP contribution in [-0.2, 0) is 11.2 Å². The summed E-state index contributed by atoms with van der Waals surface area (Å²) in [6.07, 6.45) is 0.282. The molecule has 0 N–H and O–H groups in total. The lowest BCUT2D eigenvalue weighted by Crippen LogP contribution is -2.39. The van der Waals surface area contributed by atoms with Gasteiger partial charge in [0.15, 0.2) is 6.10 Å². The van der Waals surface area contributed by atoms with E-state index in [2.05, 4.69) is 0 Å². The number of rotatable bonds is 3. The largest absolute Gasteiger partial charge is 0.481 e. The molecule has 1 atom stereocenters. The van der Waals surface area contributed by atoms with Crippen LogP contribution >= 0.6 is 23.2 Å². The van der Waals surface area contributed by atoms with Crippen molar-refractivity contribution in [2.75, 3.05) is 11.4 Å². The van der Waals surface area contributed by atoms with Crippen LogP contribution in [0.3, 0.4) is 0 Å². The Morgan fingerprint density at radius 2 is 1.95 bits per heavy atom. The van der Waals surface area contributed by atoms with Crippen LogP contribution in [0.25, 0.3) is 0 Å².